The van der Waals surface area contributed by atoms with Crippen LogP contribution < -0.4 is 5.32 Å². The lowest BCUT2D eigenvalue weighted by Gasteiger charge is -2.39. The highest BCUT2D eigenvalue weighted by molar-refractivity contribution is 6.21. The smallest absolute Gasteiger partial charge is 0.261 e. The molecule has 0 bridgehead atoms. The fraction of sp³-hybridized carbons (Fsp3) is 0.310. The van der Waals surface area contributed by atoms with Gasteiger partial charge in [0.15, 0.2) is 0 Å². The summed E-state index contributed by atoms with van der Waals surface area (Å²) < 4.78 is 5.85. The van der Waals surface area contributed by atoms with Crippen molar-refractivity contribution in [1.29, 1.82) is 0 Å². The summed E-state index contributed by atoms with van der Waals surface area (Å²) in [6.45, 7) is 4.03. The van der Waals surface area contributed by atoms with Crippen molar-refractivity contribution in [2.24, 2.45) is 0 Å². The highest BCUT2D eigenvalue weighted by atomic mass is 16.5. The zero-order valence-corrected chi connectivity index (χ0v) is 19.8. The summed E-state index contributed by atoms with van der Waals surface area (Å²) in [4.78, 5) is 28.8. The van der Waals surface area contributed by atoms with Crippen molar-refractivity contribution >= 4 is 11.8 Å². The van der Waals surface area contributed by atoms with Crippen molar-refractivity contribution in [3.8, 4) is 0 Å². The van der Waals surface area contributed by atoms with Crippen molar-refractivity contribution < 1.29 is 14.3 Å². The number of amides is 2. The number of carbonyl (C=O) groups excluding carboxylic acids is 2. The molecule has 0 saturated carbocycles. The van der Waals surface area contributed by atoms with Gasteiger partial charge >= 0.3 is 0 Å². The molecule has 0 aromatic heterocycles. The largest absolute Gasteiger partial charge is 0.380 e. The van der Waals surface area contributed by atoms with E-state index in [0.29, 0.717) is 30.4 Å². The maximum atomic E-state index is 12.5. The van der Waals surface area contributed by atoms with Gasteiger partial charge in [-0.1, -0.05) is 72.8 Å². The molecule has 5 rings (SSSR count). The van der Waals surface area contributed by atoms with Crippen molar-refractivity contribution in [3.63, 3.8) is 0 Å². The van der Waals surface area contributed by atoms with Gasteiger partial charge in [0.2, 0.25) is 0 Å². The maximum absolute atomic E-state index is 12.5. The van der Waals surface area contributed by atoms with E-state index in [9.17, 15) is 9.59 Å². The minimum Gasteiger partial charge on any atom is -0.380 e. The molecule has 0 spiro atoms. The Kier molecular flexibility index (Phi) is 7.33. The second-order valence-electron chi connectivity index (χ2n) is 9.08. The van der Waals surface area contributed by atoms with E-state index < -0.39 is 0 Å². The normalized spacial score (nSPS) is 18.3. The van der Waals surface area contributed by atoms with E-state index in [-0.39, 0.29) is 24.4 Å². The van der Waals surface area contributed by atoms with Gasteiger partial charge in [0.1, 0.15) is 0 Å². The lowest BCUT2D eigenvalue weighted by molar-refractivity contribution is 0.0540. The van der Waals surface area contributed by atoms with E-state index >= 15 is 0 Å². The number of imide groups is 1. The fourth-order valence-electron chi connectivity index (χ4n) is 5.09. The highest BCUT2D eigenvalue weighted by Gasteiger charge is 2.34. The van der Waals surface area contributed by atoms with Crippen LogP contribution in [0.2, 0.25) is 0 Å². The molecule has 6 nitrogen and oxygen atoms in total. The van der Waals surface area contributed by atoms with Crippen LogP contribution in [0.4, 0.5) is 0 Å². The van der Waals surface area contributed by atoms with Crippen LogP contribution in [0.15, 0.2) is 84.9 Å². The molecule has 2 heterocycles. The van der Waals surface area contributed by atoms with Crippen molar-refractivity contribution in [2.75, 3.05) is 39.4 Å². The van der Waals surface area contributed by atoms with Gasteiger partial charge in [0.25, 0.3) is 11.8 Å². The van der Waals surface area contributed by atoms with Crippen molar-refractivity contribution in [3.05, 3.63) is 107 Å². The first-order valence-corrected chi connectivity index (χ1v) is 12.3. The molecule has 2 aliphatic heterocycles. The van der Waals surface area contributed by atoms with E-state index in [1.165, 1.54) is 16.0 Å². The third kappa shape index (κ3) is 5.20. The Bertz CT molecular complexity index is 1080. The standard InChI is InChI=1S/C29H31N3O3/c33-28-25-13-7-8-14-26(25)29(34)32(28)18-20-35-19-15-24-21-31(17-16-30-24)27(22-9-3-1-4-10-22)23-11-5-2-6-12-23/h1-14,24,27,30H,15-21H2. The van der Waals surface area contributed by atoms with Gasteiger partial charge in [-0.2, -0.15) is 0 Å². The molecule has 35 heavy (non-hydrogen) atoms. The first-order valence-electron chi connectivity index (χ1n) is 12.3. The van der Waals surface area contributed by atoms with E-state index in [4.69, 9.17) is 4.74 Å². The number of carbonyl (C=O) groups is 2. The Morgan fingerprint density at radius 1 is 0.800 bits per heavy atom. The molecule has 1 atom stereocenters. The SMILES string of the molecule is O=C1c2ccccc2C(=O)N1CCOCCC1CN(C(c2ccccc2)c2ccccc2)CCN1. The van der Waals surface area contributed by atoms with E-state index in [2.05, 4.69) is 70.9 Å². The highest BCUT2D eigenvalue weighted by Crippen LogP contribution is 2.29. The summed E-state index contributed by atoms with van der Waals surface area (Å²) in [6.07, 6.45) is 0.870. The summed E-state index contributed by atoms with van der Waals surface area (Å²) in [5.41, 5.74) is 3.57. The first kappa shape index (κ1) is 23.4. The van der Waals surface area contributed by atoms with Gasteiger partial charge in [0, 0.05) is 32.3 Å². The predicted molar refractivity (Wildman–Crippen MR) is 135 cm³/mol. The van der Waals surface area contributed by atoms with Crippen LogP contribution in [0.1, 0.15) is 44.3 Å². The van der Waals surface area contributed by atoms with Crippen LogP contribution in [0.25, 0.3) is 0 Å². The zero-order chi connectivity index (χ0) is 24.0. The lowest BCUT2D eigenvalue weighted by Crippen LogP contribution is -2.52. The Hall–Kier alpha value is -3.32. The molecule has 1 fully saturated rings. The summed E-state index contributed by atoms with van der Waals surface area (Å²) in [6, 6.07) is 28.9. The number of hydrogen-bond acceptors (Lipinski definition) is 5. The molecular weight excluding hydrogens is 438 g/mol. The number of nitrogens with one attached hydrogen (secondary N) is 1. The maximum Gasteiger partial charge on any atom is 0.261 e. The Morgan fingerprint density at radius 2 is 1.37 bits per heavy atom. The minimum absolute atomic E-state index is 0.219. The minimum atomic E-state index is -0.230. The molecule has 0 radical (unpaired) electrons. The molecule has 1 unspecified atom stereocenters. The van der Waals surface area contributed by atoms with Crippen LogP contribution in [0.3, 0.4) is 0 Å². The van der Waals surface area contributed by atoms with Gasteiger partial charge in [-0.3, -0.25) is 19.4 Å². The van der Waals surface area contributed by atoms with E-state index in [1.54, 1.807) is 24.3 Å². The average Bonchev–Trinajstić information content (AvgIpc) is 3.15. The molecule has 3 aromatic rings. The Balaban J connectivity index is 1.13. The number of nitrogens with zero attached hydrogens (tertiary/aromatic N) is 2. The van der Waals surface area contributed by atoms with Gasteiger partial charge in [-0.25, -0.2) is 0 Å². The molecular formula is C29H31N3O3. The van der Waals surface area contributed by atoms with Gasteiger partial charge in [-0.05, 0) is 29.7 Å². The molecule has 1 saturated heterocycles. The monoisotopic (exact) mass is 469 g/mol. The molecule has 2 aliphatic rings. The average molecular weight is 470 g/mol. The third-order valence-electron chi connectivity index (χ3n) is 6.83. The lowest BCUT2D eigenvalue weighted by atomic mass is 9.95. The molecule has 6 heteroatoms. The third-order valence-corrected chi connectivity index (χ3v) is 6.83. The van der Waals surface area contributed by atoms with Crippen LogP contribution in [-0.4, -0.2) is 67.0 Å². The van der Waals surface area contributed by atoms with Crippen LogP contribution in [0.5, 0.6) is 0 Å². The van der Waals surface area contributed by atoms with E-state index in [0.717, 1.165) is 26.1 Å². The van der Waals surface area contributed by atoms with Gasteiger partial charge in [0.05, 0.1) is 30.3 Å². The summed E-state index contributed by atoms with van der Waals surface area (Å²) >= 11 is 0. The fourth-order valence-corrected chi connectivity index (χ4v) is 5.09. The number of ether oxygens (including phenoxy) is 1. The molecule has 180 valence electrons. The van der Waals surface area contributed by atoms with Gasteiger partial charge in [-0.15, -0.1) is 0 Å². The van der Waals surface area contributed by atoms with Crippen molar-refractivity contribution in [2.45, 2.75) is 18.5 Å². The molecule has 0 aliphatic carbocycles. The Labute approximate surface area is 206 Å². The zero-order valence-electron chi connectivity index (χ0n) is 19.8. The summed E-state index contributed by atoms with van der Waals surface area (Å²) in [5.74, 6) is -0.460. The van der Waals surface area contributed by atoms with E-state index in [1.807, 2.05) is 0 Å². The van der Waals surface area contributed by atoms with Crippen LogP contribution >= 0.6 is 0 Å². The van der Waals surface area contributed by atoms with Crippen molar-refractivity contribution in [1.82, 2.24) is 15.1 Å². The molecule has 3 aromatic carbocycles. The number of rotatable bonds is 9. The molecule has 1 N–H and O–H groups in total. The first-order chi connectivity index (χ1) is 17.2. The molecule has 2 amide bonds. The topological polar surface area (TPSA) is 61.9 Å². The van der Waals surface area contributed by atoms with Crippen LogP contribution in [-0.2, 0) is 4.74 Å². The second kappa shape index (κ2) is 11.0. The van der Waals surface area contributed by atoms with Gasteiger partial charge < -0.3 is 10.1 Å². The quantitative estimate of drug-likeness (QED) is 0.382. The predicted octanol–water partition coefficient (Wildman–Crippen LogP) is 3.75. The summed E-state index contributed by atoms with van der Waals surface area (Å²) in [7, 11) is 0. The summed E-state index contributed by atoms with van der Waals surface area (Å²) in [5, 5.41) is 3.62. The number of hydrogen-bond donors (Lipinski definition) is 1. The van der Waals surface area contributed by atoms with Crippen LogP contribution in [0, 0.1) is 0 Å². The number of benzene rings is 3. The number of fused-ring (bicyclic) bond motifs is 1. The Morgan fingerprint density at radius 3 is 1.97 bits per heavy atom. The second-order valence-corrected chi connectivity index (χ2v) is 9.08. The number of piperazine rings is 1.